The number of nitrogens with zero attached hydrogens (tertiary/aromatic N) is 2. The lowest BCUT2D eigenvalue weighted by Gasteiger charge is -2.12. The van der Waals surface area contributed by atoms with Crippen molar-refractivity contribution < 1.29 is 23.5 Å². The zero-order valence-electron chi connectivity index (χ0n) is 15.8. The molecule has 28 heavy (non-hydrogen) atoms. The Balaban J connectivity index is 1.83. The van der Waals surface area contributed by atoms with E-state index in [-0.39, 0.29) is 40.6 Å². The molecule has 0 saturated heterocycles. The summed E-state index contributed by atoms with van der Waals surface area (Å²) in [5, 5.41) is 11.8. The average Bonchev–Trinajstić information content (AvgIpc) is 3.09. The van der Waals surface area contributed by atoms with Crippen LogP contribution in [0.4, 0.5) is 5.88 Å². The molecule has 0 bridgehead atoms. The number of carbonyl (C=O) groups excluding carboxylic acids is 3. The predicted molar refractivity (Wildman–Crippen MR) is 99.2 cm³/mol. The summed E-state index contributed by atoms with van der Waals surface area (Å²) in [6.07, 6.45) is 0.531. The van der Waals surface area contributed by atoms with Crippen LogP contribution in [0.3, 0.4) is 0 Å². The second-order valence-corrected chi connectivity index (χ2v) is 6.42. The highest BCUT2D eigenvalue weighted by atomic mass is 16.5. The van der Waals surface area contributed by atoms with Gasteiger partial charge in [-0.15, -0.1) is 0 Å². The summed E-state index contributed by atoms with van der Waals surface area (Å²) in [5.74, 6) is -0.758. The van der Waals surface area contributed by atoms with E-state index in [0.29, 0.717) is 24.4 Å². The number of fused-ring (bicyclic) bond motifs is 1. The third-order valence-electron chi connectivity index (χ3n) is 4.69. The molecule has 144 valence electrons. The van der Waals surface area contributed by atoms with Gasteiger partial charge in [-0.3, -0.25) is 24.6 Å². The van der Waals surface area contributed by atoms with Crippen molar-refractivity contribution in [2.75, 3.05) is 25.6 Å². The van der Waals surface area contributed by atoms with Crippen LogP contribution in [0, 0.1) is 25.2 Å². The smallest absolute Gasteiger partial charge is 0.261 e. The van der Waals surface area contributed by atoms with E-state index >= 15 is 0 Å². The summed E-state index contributed by atoms with van der Waals surface area (Å²) < 4.78 is 10.4. The number of hydrogen-bond acceptors (Lipinski definition) is 6. The van der Waals surface area contributed by atoms with Gasteiger partial charge < -0.3 is 9.15 Å². The zero-order valence-corrected chi connectivity index (χ0v) is 15.8. The fourth-order valence-corrected chi connectivity index (χ4v) is 3.03. The van der Waals surface area contributed by atoms with Crippen LogP contribution in [0.2, 0.25) is 0 Å². The molecule has 1 aromatic carbocycles. The molecule has 3 rings (SSSR count). The minimum Gasteiger partial charge on any atom is -0.444 e. The van der Waals surface area contributed by atoms with Gasteiger partial charge >= 0.3 is 0 Å². The molecule has 0 saturated carbocycles. The normalized spacial score (nSPS) is 12.9. The molecule has 1 N–H and O–H groups in total. The van der Waals surface area contributed by atoms with Gasteiger partial charge in [0.2, 0.25) is 5.88 Å². The summed E-state index contributed by atoms with van der Waals surface area (Å²) in [4.78, 5) is 38.7. The maximum atomic E-state index is 12.6. The van der Waals surface area contributed by atoms with Crippen molar-refractivity contribution >= 4 is 23.6 Å². The van der Waals surface area contributed by atoms with Crippen molar-refractivity contribution in [1.82, 2.24) is 4.90 Å². The minimum atomic E-state index is -0.536. The Morgan fingerprint density at radius 2 is 1.96 bits per heavy atom. The summed E-state index contributed by atoms with van der Waals surface area (Å²) in [5.41, 5.74) is 1.54. The Hall–Kier alpha value is -3.44. The summed E-state index contributed by atoms with van der Waals surface area (Å²) in [7, 11) is 1.55. The molecule has 1 aromatic heterocycles. The molecule has 3 amide bonds. The van der Waals surface area contributed by atoms with Crippen molar-refractivity contribution in [3.63, 3.8) is 0 Å². The number of rotatable bonds is 6. The van der Waals surface area contributed by atoms with Gasteiger partial charge in [-0.2, -0.15) is 5.26 Å². The van der Waals surface area contributed by atoms with E-state index in [0.717, 1.165) is 4.90 Å². The number of carbonyl (C=O) groups is 3. The van der Waals surface area contributed by atoms with E-state index in [2.05, 4.69) is 5.32 Å². The quantitative estimate of drug-likeness (QED) is 0.608. The SMILES string of the molecule is COCCCN1C(=O)c2ccc(C(=O)Nc3oc(C)c(C)c3C#N)cc2C1=O. The monoisotopic (exact) mass is 381 g/mol. The van der Waals surface area contributed by atoms with Crippen molar-refractivity contribution in [1.29, 1.82) is 5.26 Å². The van der Waals surface area contributed by atoms with Crippen LogP contribution in [0.1, 0.15) is 54.4 Å². The van der Waals surface area contributed by atoms with Crippen LogP contribution >= 0.6 is 0 Å². The van der Waals surface area contributed by atoms with Crippen LogP contribution in [-0.4, -0.2) is 42.9 Å². The van der Waals surface area contributed by atoms with E-state index in [1.807, 2.05) is 6.07 Å². The average molecular weight is 381 g/mol. The van der Waals surface area contributed by atoms with E-state index in [4.69, 9.17) is 9.15 Å². The van der Waals surface area contributed by atoms with Crippen LogP contribution < -0.4 is 5.32 Å². The maximum absolute atomic E-state index is 12.6. The van der Waals surface area contributed by atoms with E-state index < -0.39 is 11.8 Å². The summed E-state index contributed by atoms with van der Waals surface area (Å²) in [6, 6.07) is 6.31. The molecular weight excluding hydrogens is 362 g/mol. The third-order valence-corrected chi connectivity index (χ3v) is 4.69. The Labute approximate surface area is 161 Å². The second kappa shape index (κ2) is 7.66. The van der Waals surface area contributed by atoms with Crippen molar-refractivity contribution in [3.05, 3.63) is 51.8 Å². The van der Waals surface area contributed by atoms with Crippen LogP contribution in [0.15, 0.2) is 22.6 Å². The van der Waals surface area contributed by atoms with Gasteiger partial charge in [0.05, 0.1) is 11.1 Å². The van der Waals surface area contributed by atoms with E-state index in [9.17, 15) is 19.6 Å². The van der Waals surface area contributed by atoms with E-state index in [1.54, 1.807) is 21.0 Å². The number of nitriles is 1. The van der Waals surface area contributed by atoms with Gasteiger partial charge in [-0.05, 0) is 38.5 Å². The molecule has 8 nitrogen and oxygen atoms in total. The summed E-state index contributed by atoms with van der Waals surface area (Å²) >= 11 is 0. The topological polar surface area (TPSA) is 113 Å². The zero-order chi connectivity index (χ0) is 20.4. The van der Waals surface area contributed by atoms with Gasteiger partial charge in [0.15, 0.2) is 0 Å². The number of methoxy groups -OCH3 is 1. The number of aryl methyl sites for hydroxylation is 1. The van der Waals surface area contributed by atoms with Gasteiger partial charge in [0.1, 0.15) is 17.4 Å². The molecule has 2 heterocycles. The molecule has 0 aliphatic carbocycles. The van der Waals surface area contributed by atoms with E-state index in [1.165, 1.54) is 18.2 Å². The molecule has 1 aliphatic rings. The molecule has 0 unspecified atom stereocenters. The standard InChI is InChI=1S/C20H19N3O5/c1-11-12(2)28-18(16(11)10-21)22-17(24)13-5-6-14-15(9-13)20(26)23(19(14)25)7-4-8-27-3/h5-6,9H,4,7-8H2,1-3H3,(H,22,24). The molecule has 0 radical (unpaired) electrons. The van der Waals surface area contributed by atoms with Crippen LogP contribution in [-0.2, 0) is 4.74 Å². The number of ether oxygens (including phenoxy) is 1. The molecule has 0 atom stereocenters. The maximum Gasteiger partial charge on any atom is 0.261 e. The van der Waals surface area contributed by atoms with Crippen molar-refractivity contribution in [2.45, 2.75) is 20.3 Å². The molecule has 1 aliphatic heterocycles. The minimum absolute atomic E-state index is 0.0617. The number of hydrogen-bond donors (Lipinski definition) is 1. The van der Waals surface area contributed by atoms with Crippen molar-refractivity contribution in [3.8, 4) is 6.07 Å². The van der Waals surface area contributed by atoms with Crippen LogP contribution in [0.5, 0.6) is 0 Å². The Kier molecular flexibility index (Phi) is 5.29. The molecule has 0 spiro atoms. The number of nitrogens with one attached hydrogen (secondary N) is 1. The summed E-state index contributed by atoms with van der Waals surface area (Å²) in [6.45, 7) is 4.11. The number of benzene rings is 1. The molecule has 8 heteroatoms. The lowest BCUT2D eigenvalue weighted by Crippen LogP contribution is -2.31. The number of anilines is 1. The number of amides is 3. The van der Waals surface area contributed by atoms with Crippen molar-refractivity contribution in [2.24, 2.45) is 0 Å². The Morgan fingerprint density at radius 3 is 2.64 bits per heavy atom. The first-order valence-corrected chi connectivity index (χ1v) is 8.69. The van der Waals surface area contributed by atoms with Gasteiger partial charge in [-0.1, -0.05) is 0 Å². The number of imide groups is 1. The van der Waals surface area contributed by atoms with Gasteiger partial charge in [-0.25, -0.2) is 0 Å². The second-order valence-electron chi connectivity index (χ2n) is 6.42. The Morgan fingerprint density at radius 1 is 1.25 bits per heavy atom. The first-order chi connectivity index (χ1) is 13.4. The fourth-order valence-electron chi connectivity index (χ4n) is 3.03. The molecule has 2 aromatic rings. The number of furan rings is 1. The lowest BCUT2D eigenvalue weighted by molar-refractivity contribution is 0.0638. The first kappa shape index (κ1) is 19.3. The fraction of sp³-hybridized carbons (Fsp3) is 0.300. The van der Waals surface area contributed by atoms with Crippen LogP contribution in [0.25, 0.3) is 0 Å². The highest BCUT2D eigenvalue weighted by Crippen LogP contribution is 2.27. The molecular formula is C20H19N3O5. The lowest BCUT2D eigenvalue weighted by atomic mass is 10.1. The highest BCUT2D eigenvalue weighted by Gasteiger charge is 2.35. The third kappa shape index (κ3) is 3.28. The predicted octanol–water partition coefficient (Wildman–Crippen LogP) is 2.65. The Bertz CT molecular complexity index is 1020. The molecule has 0 fully saturated rings. The highest BCUT2D eigenvalue weighted by molar-refractivity contribution is 6.22. The van der Waals surface area contributed by atoms with Gasteiger partial charge in [0, 0.05) is 31.4 Å². The first-order valence-electron chi connectivity index (χ1n) is 8.69. The van der Waals surface area contributed by atoms with Gasteiger partial charge in [0.25, 0.3) is 17.7 Å². The largest absolute Gasteiger partial charge is 0.444 e.